The third kappa shape index (κ3) is 1.66. The number of hydrogen-bond donors (Lipinski definition) is 0. The van der Waals surface area contributed by atoms with E-state index in [0.717, 1.165) is 12.8 Å². The highest BCUT2D eigenvalue weighted by atomic mass is 19.4. The Hall–Kier alpha value is -0.740. The van der Waals surface area contributed by atoms with Crippen molar-refractivity contribution in [3.05, 3.63) is 0 Å². The van der Waals surface area contributed by atoms with Crippen molar-refractivity contribution in [2.24, 2.45) is 16.7 Å². The molecule has 2 nitrogen and oxygen atoms in total. The van der Waals surface area contributed by atoms with Crippen LogP contribution >= 0.6 is 0 Å². The zero-order valence-corrected chi connectivity index (χ0v) is 10.2. The molecule has 0 spiro atoms. The van der Waals surface area contributed by atoms with Crippen LogP contribution in [0, 0.1) is 16.7 Å². The first kappa shape index (κ1) is 12.7. The Morgan fingerprint density at radius 3 is 2.24 bits per heavy atom. The van der Waals surface area contributed by atoms with Gasteiger partial charge in [0, 0.05) is 5.41 Å². The van der Waals surface area contributed by atoms with Crippen molar-refractivity contribution in [1.82, 2.24) is 0 Å². The summed E-state index contributed by atoms with van der Waals surface area (Å²) in [7, 11) is 0. The minimum absolute atomic E-state index is 0.0520. The Morgan fingerprint density at radius 1 is 1.29 bits per heavy atom. The number of carbonyl (C=O) groups excluding carboxylic acids is 1. The summed E-state index contributed by atoms with van der Waals surface area (Å²) in [5.41, 5.74) is -0.373. The molecule has 0 aromatic heterocycles. The highest BCUT2D eigenvalue weighted by Crippen LogP contribution is 2.66. The van der Waals surface area contributed by atoms with Gasteiger partial charge in [-0.05, 0) is 30.6 Å². The van der Waals surface area contributed by atoms with Crippen molar-refractivity contribution >= 4 is 5.97 Å². The first-order valence-corrected chi connectivity index (χ1v) is 5.87. The molecule has 0 aromatic carbocycles. The van der Waals surface area contributed by atoms with Gasteiger partial charge < -0.3 is 4.74 Å². The lowest BCUT2D eigenvalue weighted by Crippen LogP contribution is -2.41. The molecule has 98 valence electrons. The van der Waals surface area contributed by atoms with Crippen LogP contribution in [0.25, 0.3) is 0 Å². The molecule has 0 aliphatic heterocycles. The topological polar surface area (TPSA) is 26.3 Å². The Labute approximate surface area is 98.5 Å². The van der Waals surface area contributed by atoms with Gasteiger partial charge in [-0.25, -0.2) is 4.79 Å². The molecular weight excluding hydrogens is 233 g/mol. The van der Waals surface area contributed by atoms with Crippen molar-refractivity contribution in [2.45, 2.75) is 52.3 Å². The van der Waals surface area contributed by atoms with Gasteiger partial charge in [-0.15, -0.1) is 0 Å². The van der Waals surface area contributed by atoms with Crippen LogP contribution in [0.5, 0.6) is 0 Å². The summed E-state index contributed by atoms with van der Waals surface area (Å²) in [5, 5.41) is 0. The molecule has 2 bridgehead atoms. The van der Waals surface area contributed by atoms with Crippen LogP contribution < -0.4 is 0 Å². The fourth-order valence-corrected chi connectivity index (χ4v) is 3.50. The Kier molecular flexibility index (Phi) is 2.53. The zero-order chi connectivity index (χ0) is 13.1. The molecule has 0 unspecified atom stereocenters. The standard InChI is InChI=1S/C12H17F3O2/c1-10(2)7-4-5-11(10,3)8(6-7)17-9(16)12(13,14)15/h7-8H,4-6H2,1-3H3/t7-,8+,11-/m1/s1. The van der Waals surface area contributed by atoms with Gasteiger partial charge in [0.2, 0.25) is 0 Å². The fourth-order valence-electron chi connectivity index (χ4n) is 3.50. The van der Waals surface area contributed by atoms with Crippen LogP contribution in [-0.2, 0) is 9.53 Å². The van der Waals surface area contributed by atoms with Crippen LogP contribution in [0.2, 0.25) is 0 Å². The van der Waals surface area contributed by atoms with Crippen LogP contribution in [0.15, 0.2) is 0 Å². The molecule has 2 fully saturated rings. The number of rotatable bonds is 1. The van der Waals surface area contributed by atoms with E-state index in [2.05, 4.69) is 18.6 Å². The smallest absolute Gasteiger partial charge is 0.455 e. The van der Waals surface area contributed by atoms with Crippen molar-refractivity contribution < 1.29 is 22.7 Å². The summed E-state index contributed by atoms with van der Waals surface area (Å²) < 4.78 is 41.2. The fraction of sp³-hybridized carbons (Fsp3) is 0.917. The monoisotopic (exact) mass is 250 g/mol. The summed E-state index contributed by atoms with van der Waals surface area (Å²) in [6.45, 7) is 6.06. The normalized spacial score (nSPS) is 39.4. The second-order valence-corrected chi connectivity index (χ2v) is 6.00. The summed E-state index contributed by atoms with van der Waals surface area (Å²) in [6, 6.07) is 0. The van der Waals surface area contributed by atoms with Crippen molar-refractivity contribution in [3.8, 4) is 0 Å². The molecule has 17 heavy (non-hydrogen) atoms. The molecule has 0 aromatic rings. The molecular formula is C12H17F3O2. The molecule has 2 rings (SSSR count). The number of halogens is 3. The number of fused-ring (bicyclic) bond motifs is 2. The predicted molar refractivity (Wildman–Crippen MR) is 55.2 cm³/mol. The Bertz CT molecular complexity index is 348. The zero-order valence-electron chi connectivity index (χ0n) is 10.2. The number of hydrogen-bond acceptors (Lipinski definition) is 2. The minimum Gasteiger partial charge on any atom is -0.455 e. The first-order chi connectivity index (χ1) is 7.59. The molecule has 0 N–H and O–H groups in total. The van der Waals surface area contributed by atoms with Crippen LogP contribution in [0.1, 0.15) is 40.0 Å². The summed E-state index contributed by atoms with van der Waals surface area (Å²) in [6.07, 6.45) is -3.07. The average molecular weight is 250 g/mol. The molecule has 0 heterocycles. The third-order valence-corrected chi connectivity index (χ3v) is 5.19. The molecule has 5 heteroatoms. The van der Waals surface area contributed by atoms with Crippen LogP contribution in [-0.4, -0.2) is 18.2 Å². The largest absolute Gasteiger partial charge is 0.490 e. The quantitative estimate of drug-likeness (QED) is 0.667. The Morgan fingerprint density at radius 2 is 1.88 bits per heavy atom. The van der Waals surface area contributed by atoms with Gasteiger partial charge in [0.15, 0.2) is 0 Å². The lowest BCUT2D eigenvalue weighted by molar-refractivity contribution is -0.210. The second kappa shape index (κ2) is 3.39. The average Bonchev–Trinajstić information content (AvgIpc) is 2.49. The van der Waals surface area contributed by atoms with E-state index in [1.54, 1.807) is 0 Å². The molecule has 2 aliphatic carbocycles. The SMILES string of the molecule is CC1(C)[C@@H]2CC[C@]1(C)[C@@H](OC(=O)C(F)(F)F)C2. The lowest BCUT2D eigenvalue weighted by Gasteiger charge is -2.38. The Balaban J connectivity index is 2.14. The van der Waals surface area contributed by atoms with Gasteiger partial charge in [-0.2, -0.15) is 13.2 Å². The van der Waals surface area contributed by atoms with Gasteiger partial charge in [-0.1, -0.05) is 20.8 Å². The van der Waals surface area contributed by atoms with Gasteiger partial charge >= 0.3 is 12.1 Å². The van der Waals surface area contributed by atoms with E-state index >= 15 is 0 Å². The lowest BCUT2D eigenvalue weighted by atomic mass is 9.70. The maximum absolute atomic E-state index is 12.2. The molecule has 0 radical (unpaired) electrons. The van der Waals surface area contributed by atoms with Gasteiger partial charge in [0.25, 0.3) is 0 Å². The van der Waals surface area contributed by atoms with Gasteiger partial charge in [0.05, 0.1) is 0 Å². The highest BCUT2D eigenvalue weighted by Gasteiger charge is 2.63. The molecule has 3 atom stereocenters. The van der Waals surface area contributed by atoms with Crippen LogP contribution in [0.4, 0.5) is 13.2 Å². The van der Waals surface area contributed by atoms with E-state index in [9.17, 15) is 18.0 Å². The second-order valence-electron chi connectivity index (χ2n) is 6.00. The van der Waals surface area contributed by atoms with Gasteiger partial charge in [-0.3, -0.25) is 0 Å². The first-order valence-electron chi connectivity index (χ1n) is 5.87. The van der Waals surface area contributed by atoms with Gasteiger partial charge in [0.1, 0.15) is 6.10 Å². The summed E-state index contributed by atoms with van der Waals surface area (Å²) in [4.78, 5) is 10.9. The number of carbonyl (C=O) groups is 1. The van der Waals surface area contributed by atoms with Crippen molar-refractivity contribution in [1.29, 1.82) is 0 Å². The summed E-state index contributed by atoms with van der Waals surface area (Å²) in [5.74, 6) is -1.69. The molecule has 0 amide bonds. The maximum atomic E-state index is 12.2. The molecule has 0 saturated heterocycles. The van der Waals surface area contributed by atoms with E-state index in [-0.39, 0.29) is 10.8 Å². The van der Waals surface area contributed by atoms with E-state index in [0.29, 0.717) is 12.3 Å². The number of alkyl halides is 3. The number of esters is 1. The highest BCUT2D eigenvalue weighted by molar-refractivity contribution is 5.75. The van der Waals surface area contributed by atoms with Crippen molar-refractivity contribution in [2.75, 3.05) is 0 Å². The molecule has 2 aliphatic rings. The minimum atomic E-state index is -4.89. The third-order valence-electron chi connectivity index (χ3n) is 5.19. The van der Waals surface area contributed by atoms with Crippen molar-refractivity contribution in [3.63, 3.8) is 0 Å². The van der Waals surface area contributed by atoms with Crippen LogP contribution in [0.3, 0.4) is 0 Å². The van der Waals surface area contributed by atoms with E-state index < -0.39 is 18.2 Å². The summed E-state index contributed by atoms with van der Waals surface area (Å²) >= 11 is 0. The maximum Gasteiger partial charge on any atom is 0.490 e. The van der Waals surface area contributed by atoms with E-state index in [4.69, 9.17) is 0 Å². The van der Waals surface area contributed by atoms with E-state index in [1.165, 1.54) is 0 Å². The van der Waals surface area contributed by atoms with E-state index in [1.807, 2.05) is 6.92 Å². The predicted octanol–water partition coefficient (Wildman–Crippen LogP) is 3.31. The number of ether oxygens (including phenoxy) is 1. The molecule has 2 saturated carbocycles.